The van der Waals surface area contributed by atoms with E-state index in [9.17, 15) is 4.79 Å². The highest BCUT2D eigenvalue weighted by molar-refractivity contribution is 5.50. The molecule has 0 amide bonds. The van der Waals surface area contributed by atoms with E-state index in [1.54, 1.807) is 4.40 Å². The lowest BCUT2D eigenvalue weighted by Crippen LogP contribution is -2.27. The van der Waals surface area contributed by atoms with Crippen LogP contribution in [-0.4, -0.2) is 28.0 Å². The second kappa shape index (κ2) is 4.16. The molecule has 2 rings (SSSR count). The summed E-state index contributed by atoms with van der Waals surface area (Å²) in [7, 11) is 1.87. The van der Waals surface area contributed by atoms with Gasteiger partial charge in [0.1, 0.15) is 5.65 Å². The van der Waals surface area contributed by atoms with Gasteiger partial charge in [-0.15, -0.1) is 0 Å². The molecule has 2 heterocycles. The van der Waals surface area contributed by atoms with Gasteiger partial charge in [0.15, 0.2) is 0 Å². The Labute approximate surface area is 99.7 Å². The zero-order valence-electron chi connectivity index (χ0n) is 10.6. The summed E-state index contributed by atoms with van der Waals surface area (Å²) in [6.45, 7) is 6.58. The van der Waals surface area contributed by atoms with Gasteiger partial charge in [-0.2, -0.15) is 9.97 Å². The average Bonchev–Trinajstić information content (AvgIpc) is 2.32. The summed E-state index contributed by atoms with van der Waals surface area (Å²) in [6, 6.07) is 3.86. The fraction of sp³-hybridized carbons (Fsp3) is 0.417. The molecular formula is C12H16N4O. The molecule has 0 saturated carbocycles. The number of aromatic nitrogens is 3. The van der Waals surface area contributed by atoms with Crippen LogP contribution in [0.5, 0.6) is 0 Å². The maximum Gasteiger partial charge on any atom is 0.356 e. The minimum atomic E-state index is -0.272. The molecule has 0 saturated heterocycles. The Hall–Kier alpha value is -1.91. The first kappa shape index (κ1) is 11.6. The minimum Gasteiger partial charge on any atom is -0.344 e. The molecule has 0 radical (unpaired) electrons. The second-order valence-corrected chi connectivity index (χ2v) is 4.14. The summed E-state index contributed by atoms with van der Waals surface area (Å²) < 4.78 is 1.54. The molecule has 0 spiro atoms. The van der Waals surface area contributed by atoms with E-state index in [-0.39, 0.29) is 5.69 Å². The Morgan fingerprint density at radius 3 is 2.65 bits per heavy atom. The van der Waals surface area contributed by atoms with Crippen LogP contribution in [0.2, 0.25) is 0 Å². The Bertz CT molecular complexity index is 618. The lowest BCUT2D eigenvalue weighted by molar-refractivity contribution is 0.842. The normalized spacial score (nSPS) is 10.8. The van der Waals surface area contributed by atoms with Crippen molar-refractivity contribution in [3.63, 3.8) is 0 Å². The van der Waals surface area contributed by atoms with E-state index < -0.39 is 0 Å². The van der Waals surface area contributed by atoms with Crippen molar-refractivity contribution in [2.45, 2.75) is 20.8 Å². The van der Waals surface area contributed by atoms with Crippen LogP contribution in [0.25, 0.3) is 5.65 Å². The van der Waals surface area contributed by atoms with Crippen molar-refractivity contribution in [2.24, 2.45) is 0 Å². The maximum absolute atomic E-state index is 12.0. The predicted molar refractivity (Wildman–Crippen MR) is 67.7 cm³/mol. The third-order valence-corrected chi connectivity index (χ3v) is 2.90. The van der Waals surface area contributed by atoms with Gasteiger partial charge < -0.3 is 4.90 Å². The van der Waals surface area contributed by atoms with Crippen LogP contribution in [0, 0.1) is 13.8 Å². The zero-order chi connectivity index (χ0) is 12.6. The molecule has 90 valence electrons. The molecule has 0 aliphatic heterocycles. The van der Waals surface area contributed by atoms with Crippen molar-refractivity contribution in [2.75, 3.05) is 18.5 Å². The Morgan fingerprint density at radius 1 is 1.29 bits per heavy atom. The van der Waals surface area contributed by atoms with Gasteiger partial charge >= 0.3 is 5.69 Å². The largest absolute Gasteiger partial charge is 0.356 e. The van der Waals surface area contributed by atoms with Crippen molar-refractivity contribution < 1.29 is 0 Å². The predicted octanol–water partition coefficient (Wildman–Crippen LogP) is 1.16. The van der Waals surface area contributed by atoms with Gasteiger partial charge in [-0.05, 0) is 32.4 Å². The molecule has 0 atom stereocenters. The van der Waals surface area contributed by atoms with Crippen LogP contribution in [0.3, 0.4) is 0 Å². The molecule has 2 aromatic heterocycles. The fourth-order valence-electron chi connectivity index (χ4n) is 1.69. The summed E-state index contributed by atoms with van der Waals surface area (Å²) >= 11 is 0. The second-order valence-electron chi connectivity index (χ2n) is 4.14. The van der Waals surface area contributed by atoms with Crippen LogP contribution in [0.1, 0.15) is 18.2 Å². The Kier molecular flexibility index (Phi) is 2.83. The smallest absolute Gasteiger partial charge is 0.344 e. The van der Waals surface area contributed by atoms with Gasteiger partial charge in [-0.25, -0.2) is 9.20 Å². The first-order valence-corrected chi connectivity index (χ1v) is 5.62. The monoisotopic (exact) mass is 232 g/mol. The Balaban J connectivity index is 2.82. The third kappa shape index (κ3) is 1.88. The number of nitrogens with zero attached hydrogens (tertiary/aromatic N) is 4. The van der Waals surface area contributed by atoms with E-state index in [1.807, 2.05) is 44.9 Å². The van der Waals surface area contributed by atoms with Crippen LogP contribution in [0.15, 0.2) is 16.9 Å². The molecule has 0 aliphatic rings. The molecule has 5 nitrogen and oxygen atoms in total. The first-order chi connectivity index (χ1) is 8.04. The number of pyridine rings is 1. The van der Waals surface area contributed by atoms with E-state index in [0.29, 0.717) is 11.6 Å². The van der Waals surface area contributed by atoms with Gasteiger partial charge in [0.2, 0.25) is 5.95 Å². The van der Waals surface area contributed by atoms with Crippen molar-refractivity contribution in [1.82, 2.24) is 14.4 Å². The molecule has 0 aliphatic carbocycles. The van der Waals surface area contributed by atoms with E-state index in [2.05, 4.69) is 9.97 Å². The summed E-state index contributed by atoms with van der Waals surface area (Å²) in [5.74, 6) is 0.478. The topological polar surface area (TPSA) is 50.5 Å². The lowest BCUT2D eigenvalue weighted by Gasteiger charge is -2.15. The SMILES string of the molecule is CCN(C)c1nc(=O)n2c(C)ccc(C)c2n1. The molecule has 2 aromatic rings. The first-order valence-electron chi connectivity index (χ1n) is 5.62. The number of rotatable bonds is 2. The lowest BCUT2D eigenvalue weighted by atomic mass is 10.2. The van der Waals surface area contributed by atoms with Gasteiger partial charge in [-0.3, -0.25) is 0 Å². The van der Waals surface area contributed by atoms with Crippen molar-refractivity contribution >= 4 is 11.6 Å². The molecular weight excluding hydrogens is 216 g/mol. The number of hydrogen-bond donors (Lipinski definition) is 0. The number of anilines is 1. The van der Waals surface area contributed by atoms with Gasteiger partial charge in [0.25, 0.3) is 0 Å². The number of hydrogen-bond acceptors (Lipinski definition) is 4. The molecule has 5 heteroatoms. The van der Waals surface area contributed by atoms with Crippen LogP contribution >= 0.6 is 0 Å². The molecule has 0 fully saturated rings. The van der Waals surface area contributed by atoms with E-state index >= 15 is 0 Å². The Morgan fingerprint density at radius 2 is 2.00 bits per heavy atom. The van der Waals surface area contributed by atoms with Crippen molar-refractivity contribution in [1.29, 1.82) is 0 Å². The maximum atomic E-state index is 12.0. The molecule has 0 aromatic carbocycles. The molecule has 0 N–H and O–H groups in total. The molecule has 17 heavy (non-hydrogen) atoms. The average molecular weight is 232 g/mol. The summed E-state index contributed by atoms with van der Waals surface area (Å²) in [6.07, 6.45) is 0. The molecule has 0 bridgehead atoms. The number of aryl methyl sites for hydroxylation is 2. The highest BCUT2D eigenvalue weighted by atomic mass is 16.1. The minimum absolute atomic E-state index is 0.272. The van der Waals surface area contributed by atoms with Gasteiger partial charge in [0, 0.05) is 19.3 Å². The van der Waals surface area contributed by atoms with Crippen molar-refractivity contribution in [3.8, 4) is 0 Å². The van der Waals surface area contributed by atoms with Crippen molar-refractivity contribution in [3.05, 3.63) is 33.9 Å². The summed E-state index contributed by atoms with van der Waals surface area (Å²) in [5.41, 5.74) is 2.23. The van der Waals surface area contributed by atoms with Gasteiger partial charge in [0.05, 0.1) is 0 Å². The summed E-state index contributed by atoms with van der Waals surface area (Å²) in [4.78, 5) is 22.3. The number of fused-ring (bicyclic) bond motifs is 1. The standard InChI is InChI=1S/C12H16N4O/c1-5-15(4)11-13-10-8(2)6-7-9(3)16(10)12(17)14-11/h6-7H,5H2,1-4H3. The van der Waals surface area contributed by atoms with E-state index in [1.165, 1.54) is 0 Å². The highest BCUT2D eigenvalue weighted by Crippen LogP contribution is 2.11. The quantitative estimate of drug-likeness (QED) is 0.779. The van der Waals surface area contributed by atoms with Crippen LogP contribution in [-0.2, 0) is 0 Å². The molecule has 0 unspecified atom stereocenters. The third-order valence-electron chi connectivity index (χ3n) is 2.90. The van der Waals surface area contributed by atoms with Gasteiger partial charge in [-0.1, -0.05) is 6.07 Å². The van der Waals surface area contributed by atoms with Crippen LogP contribution in [0.4, 0.5) is 5.95 Å². The van der Waals surface area contributed by atoms with E-state index in [4.69, 9.17) is 0 Å². The van der Waals surface area contributed by atoms with E-state index in [0.717, 1.165) is 17.8 Å². The van der Waals surface area contributed by atoms with Crippen LogP contribution < -0.4 is 10.6 Å². The highest BCUT2D eigenvalue weighted by Gasteiger charge is 2.09. The summed E-state index contributed by atoms with van der Waals surface area (Å²) in [5, 5.41) is 0. The zero-order valence-corrected chi connectivity index (χ0v) is 10.6. The fourth-order valence-corrected chi connectivity index (χ4v) is 1.69.